The Morgan fingerprint density at radius 2 is 2.22 bits per heavy atom. The molecule has 0 N–H and O–H groups in total. The highest BCUT2D eigenvalue weighted by Gasteiger charge is 2.06. The van der Waals surface area contributed by atoms with Crippen molar-refractivity contribution in [2.24, 2.45) is 0 Å². The first kappa shape index (κ1) is 7.02. The predicted octanol–water partition coefficient (Wildman–Crippen LogP) is 1.95. The normalized spacial score (nSPS) is 10.7. The third kappa shape index (κ3) is 1.43. The average Bonchev–Trinajstić information content (AvgIpc) is 2.13. The fourth-order valence-electron chi connectivity index (χ4n) is 0.557. The third-order valence-electron chi connectivity index (χ3n) is 1.02. The van der Waals surface area contributed by atoms with Gasteiger partial charge in [0.2, 0.25) is 0 Å². The van der Waals surface area contributed by atoms with Crippen LogP contribution in [0, 0.1) is 0 Å². The van der Waals surface area contributed by atoms with Crippen LogP contribution >= 0.6 is 24.2 Å². The lowest BCUT2D eigenvalue weighted by Crippen LogP contribution is -1.81. The highest BCUT2D eigenvalue weighted by Crippen LogP contribution is 2.23. The fourth-order valence-corrected chi connectivity index (χ4v) is 1.59. The summed E-state index contributed by atoms with van der Waals surface area (Å²) in [5.74, 6) is 0.498. The van der Waals surface area contributed by atoms with Crippen LogP contribution in [0.5, 0.6) is 0 Å². The second-order valence-electron chi connectivity index (χ2n) is 2.12. The van der Waals surface area contributed by atoms with Crippen LogP contribution in [0.2, 0.25) is 0 Å². The lowest BCUT2D eigenvalue weighted by Gasteiger charge is -1.96. The van der Waals surface area contributed by atoms with Crippen molar-refractivity contribution in [3.05, 3.63) is 4.88 Å². The third-order valence-corrected chi connectivity index (χ3v) is 2.53. The molecule has 0 saturated carbocycles. The van der Waals surface area contributed by atoms with Crippen molar-refractivity contribution < 1.29 is 0 Å². The highest BCUT2D eigenvalue weighted by molar-refractivity contribution is 7.80. The molecule has 0 saturated heterocycles. The second-order valence-corrected chi connectivity index (χ2v) is 3.32. The first-order chi connectivity index (χ1) is 4.22. The summed E-state index contributed by atoms with van der Waals surface area (Å²) in [5.41, 5.74) is 0. The van der Waals surface area contributed by atoms with Crippen molar-refractivity contribution in [1.29, 1.82) is 0 Å². The summed E-state index contributed by atoms with van der Waals surface area (Å²) in [7, 11) is 0. The summed E-state index contributed by atoms with van der Waals surface area (Å²) in [6.07, 6.45) is 0. The molecule has 4 heteroatoms. The summed E-state index contributed by atoms with van der Waals surface area (Å²) in [4.78, 5) is 1.17. The van der Waals surface area contributed by atoms with Gasteiger partial charge in [-0.1, -0.05) is 18.3 Å². The van der Waals surface area contributed by atoms with Gasteiger partial charge in [-0.2, -0.15) is 0 Å². The Hall–Kier alpha value is -0.0900. The van der Waals surface area contributed by atoms with Crippen molar-refractivity contribution >= 4 is 24.2 Å². The minimum atomic E-state index is 0.498. The molecule has 9 heavy (non-hydrogen) atoms. The van der Waals surface area contributed by atoms with E-state index in [1.807, 2.05) is 0 Å². The van der Waals surface area contributed by atoms with Gasteiger partial charge in [0.1, 0.15) is 5.03 Å². The molecule has 1 heterocycles. The van der Waals surface area contributed by atoms with E-state index in [2.05, 4.69) is 36.1 Å². The van der Waals surface area contributed by atoms with Gasteiger partial charge in [-0.3, -0.25) is 0 Å². The maximum absolute atomic E-state index is 4.13. The first-order valence-electron chi connectivity index (χ1n) is 2.73. The number of nitrogens with zero attached hydrogens (tertiary/aromatic N) is 2. The molecule has 0 atom stereocenters. The van der Waals surface area contributed by atoms with Gasteiger partial charge >= 0.3 is 0 Å². The number of aromatic nitrogens is 2. The van der Waals surface area contributed by atoms with Gasteiger partial charge < -0.3 is 0 Å². The molecular weight excluding hydrogens is 152 g/mol. The lowest BCUT2D eigenvalue weighted by molar-refractivity contribution is 0.848. The van der Waals surface area contributed by atoms with Crippen LogP contribution in [0.3, 0.4) is 0 Å². The van der Waals surface area contributed by atoms with Crippen LogP contribution in [0.25, 0.3) is 0 Å². The van der Waals surface area contributed by atoms with Crippen molar-refractivity contribution in [3.63, 3.8) is 0 Å². The molecule has 0 aliphatic heterocycles. The highest BCUT2D eigenvalue weighted by atomic mass is 32.1. The maximum Gasteiger partial charge on any atom is 0.132 e. The van der Waals surface area contributed by atoms with Crippen molar-refractivity contribution in [3.8, 4) is 0 Å². The zero-order chi connectivity index (χ0) is 6.85. The Kier molecular flexibility index (Phi) is 2.08. The first-order valence-corrected chi connectivity index (χ1v) is 3.95. The van der Waals surface area contributed by atoms with Crippen molar-refractivity contribution in [2.75, 3.05) is 0 Å². The molecule has 1 rings (SSSR count). The van der Waals surface area contributed by atoms with Crippen molar-refractivity contribution in [1.82, 2.24) is 9.59 Å². The monoisotopic (exact) mass is 160 g/mol. The molecule has 0 aliphatic rings. The molecular formula is C5H8N2S2. The maximum atomic E-state index is 4.13. The van der Waals surface area contributed by atoms with E-state index < -0.39 is 0 Å². The molecule has 0 aliphatic carbocycles. The lowest BCUT2D eigenvalue weighted by atomic mass is 10.2. The predicted molar refractivity (Wildman–Crippen MR) is 41.3 cm³/mol. The minimum Gasteiger partial charge on any atom is -0.132 e. The van der Waals surface area contributed by atoms with Crippen LogP contribution < -0.4 is 0 Å². The van der Waals surface area contributed by atoms with Crippen molar-refractivity contribution in [2.45, 2.75) is 24.8 Å². The Balaban J connectivity index is 2.94. The summed E-state index contributed by atoms with van der Waals surface area (Å²) >= 11 is 5.55. The van der Waals surface area contributed by atoms with E-state index in [-0.39, 0.29) is 0 Å². The Labute approximate surface area is 63.9 Å². The SMILES string of the molecule is CC(C)c1snnc1S. The van der Waals surface area contributed by atoms with Crippen LogP contribution in [0.1, 0.15) is 24.6 Å². The van der Waals surface area contributed by atoms with E-state index in [0.29, 0.717) is 5.92 Å². The molecule has 1 aromatic heterocycles. The molecule has 0 spiro atoms. The van der Waals surface area contributed by atoms with E-state index in [9.17, 15) is 0 Å². The van der Waals surface area contributed by atoms with Crippen LogP contribution in [-0.2, 0) is 0 Å². The Bertz CT molecular complexity index is 195. The zero-order valence-corrected chi connectivity index (χ0v) is 7.04. The van der Waals surface area contributed by atoms with Gasteiger partial charge in [-0.25, -0.2) is 0 Å². The average molecular weight is 160 g/mol. The molecule has 0 bridgehead atoms. The van der Waals surface area contributed by atoms with Gasteiger partial charge in [0, 0.05) is 0 Å². The number of rotatable bonds is 1. The molecule has 0 fully saturated rings. The molecule has 1 aromatic rings. The van der Waals surface area contributed by atoms with Gasteiger partial charge in [0.25, 0.3) is 0 Å². The summed E-state index contributed by atoms with van der Waals surface area (Å²) in [6, 6.07) is 0. The second kappa shape index (κ2) is 2.66. The summed E-state index contributed by atoms with van der Waals surface area (Å²) < 4.78 is 3.76. The quantitative estimate of drug-likeness (QED) is 0.635. The topological polar surface area (TPSA) is 25.8 Å². The Morgan fingerprint density at radius 1 is 1.56 bits per heavy atom. The largest absolute Gasteiger partial charge is 0.132 e. The van der Waals surface area contributed by atoms with E-state index >= 15 is 0 Å². The Morgan fingerprint density at radius 3 is 2.44 bits per heavy atom. The van der Waals surface area contributed by atoms with Crippen LogP contribution in [-0.4, -0.2) is 9.59 Å². The smallest absolute Gasteiger partial charge is 0.132 e. The summed E-state index contributed by atoms with van der Waals surface area (Å²) in [5, 5.41) is 4.54. The molecule has 0 radical (unpaired) electrons. The van der Waals surface area contributed by atoms with Crippen LogP contribution in [0.15, 0.2) is 5.03 Å². The van der Waals surface area contributed by atoms with E-state index in [1.165, 1.54) is 16.4 Å². The zero-order valence-electron chi connectivity index (χ0n) is 5.33. The van der Waals surface area contributed by atoms with E-state index in [1.54, 1.807) is 0 Å². The van der Waals surface area contributed by atoms with E-state index in [4.69, 9.17) is 0 Å². The number of thiol groups is 1. The van der Waals surface area contributed by atoms with E-state index in [0.717, 1.165) is 5.03 Å². The molecule has 50 valence electrons. The minimum absolute atomic E-state index is 0.498. The number of hydrogen-bond acceptors (Lipinski definition) is 4. The van der Waals surface area contributed by atoms with Crippen LogP contribution in [0.4, 0.5) is 0 Å². The van der Waals surface area contributed by atoms with Gasteiger partial charge in [-0.15, -0.1) is 17.7 Å². The van der Waals surface area contributed by atoms with Gasteiger partial charge in [-0.05, 0) is 17.5 Å². The number of hydrogen-bond donors (Lipinski definition) is 1. The standard InChI is InChI=1S/C5H8N2S2/c1-3(2)4-5(8)6-7-9-4/h3,8H,1-2H3. The molecule has 2 nitrogen and oxygen atoms in total. The summed E-state index contributed by atoms with van der Waals surface area (Å²) in [6.45, 7) is 4.21. The van der Waals surface area contributed by atoms with Gasteiger partial charge in [0.15, 0.2) is 0 Å². The molecule has 0 unspecified atom stereocenters. The molecule has 0 aromatic carbocycles. The molecule has 0 amide bonds. The van der Waals surface area contributed by atoms with Gasteiger partial charge in [0.05, 0.1) is 4.88 Å². The fraction of sp³-hybridized carbons (Fsp3) is 0.600.